The molecule has 1 aliphatic rings. The van der Waals surface area contributed by atoms with Gasteiger partial charge in [0.15, 0.2) is 0 Å². The molecule has 5 heteroatoms. The number of morpholine rings is 1. The molecule has 5 nitrogen and oxygen atoms in total. The number of nitrogens with zero attached hydrogens (tertiary/aromatic N) is 1. The lowest BCUT2D eigenvalue weighted by Gasteiger charge is -2.37. The first-order valence-corrected chi connectivity index (χ1v) is 7.35. The molecule has 1 aromatic carbocycles. The zero-order chi connectivity index (χ0) is 15.2. The van der Waals surface area contributed by atoms with Gasteiger partial charge >= 0.3 is 6.03 Å². The van der Waals surface area contributed by atoms with E-state index in [-0.39, 0.29) is 24.3 Å². The van der Waals surface area contributed by atoms with Gasteiger partial charge in [0.25, 0.3) is 0 Å². The Balaban J connectivity index is 1.99. The lowest BCUT2D eigenvalue weighted by atomic mass is 10.1. The van der Waals surface area contributed by atoms with E-state index in [1.807, 2.05) is 49.1 Å². The van der Waals surface area contributed by atoms with Crippen LogP contribution in [0.4, 0.5) is 4.79 Å². The number of hydrogen-bond donors (Lipinski definition) is 1. The zero-order valence-corrected chi connectivity index (χ0v) is 12.9. The third-order valence-corrected chi connectivity index (χ3v) is 3.51. The highest BCUT2D eigenvalue weighted by Gasteiger charge is 2.29. The molecule has 1 fully saturated rings. The molecule has 1 heterocycles. The Morgan fingerprint density at radius 2 is 2.14 bits per heavy atom. The summed E-state index contributed by atoms with van der Waals surface area (Å²) in [7, 11) is 1.63. The van der Waals surface area contributed by atoms with E-state index in [0.29, 0.717) is 19.7 Å². The van der Waals surface area contributed by atoms with Gasteiger partial charge in [0.2, 0.25) is 0 Å². The molecule has 0 spiro atoms. The molecule has 0 aliphatic carbocycles. The number of amides is 2. The van der Waals surface area contributed by atoms with Gasteiger partial charge in [-0.3, -0.25) is 0 Å². The van der Waals surface area contributed by atoms with E-state index in [0.717, 1.165) is 5.56 Å². The third-order valence-electron chi connectivity index (χ3n) is 3.51. The van der Waals surface area contributed by atoms with E-state index in [1.54, 1.807) is 7.11 Å². The largest absolute Gasteiger partial charge is 0.383 e. The van der Waals surface area contributed by atoms with Crippen molar-refractivity contribution in [3.05, 3.63) is 35.9 Å². The topological polar surface area (TPSA) is 50.8 Å². The fourth-order valence-corrected chi connectivity index (χ4v) is 2.56. The van der Waals surface area contributed by atoms with E-state index in [9.17, 15) is 4.79 Å². The molecule has 116 valence electrons. The number of urea groups is 1. The van der Waals surface area contributed by atoms with Gasteiger partial charge in [-0.25, -0.2) is 4.79 Å². The van der Waals surface area contributed by atoms with Crippen molar-refractivity contribution in [3.8, 4) is 0 Å². The first kappa shape index (κ1) is 15.8. The van der Waals surface area contributed by atoms with Crippen LogP contribution in [0.3, 0.4) is 0 Å². The molecular weight excluding hydrogens is 268 g/mol. The molecule has 0 aromatic heterocycles. The number of carbonyl (C=O) groups excluding carboxylic acids is 1. The number of nitrogens with one attached hydrogen (secondary N) is 1. The molecule has 1 saturated heterocycles. The third kappa shape index (κ3) is 4.44. The maximum atomic E-state index is 12.3. The average molecular weight is 292 g/mol. The Labute approximate surface area is 126 Å². The minimum absolute atomic E-state index is 0.00386. The first-order valence-electron chi connectivity index (χ1n) is 7.35. The van der Waals surface area contributed by atoms with E-state index in [2.05, 4.69) is 5.32 Å². The lowest BCUT2D eigenvalue weighted by molar-refractivity contribution is -0.0660. The SMILES string of the molecule is COCC(C)NC(=O)N1CC(C)OC(c2ccccc2)C1. The molecule has 2 amide bonds. The summed E-state index contributed by atoms with van der Waals surface area (Å²) >= 11 is 0. The highest BCUT2D eigenvalue weighted by molar-refractivity contribution is 5.74. The van der Waals surface area contributed by atoms with Gasteiger partial charge in [0, 0.05) is 13.7 Å². The summed E-state index contributed by atoms with van der Waals surface area (Å²) in [6, 6.07) is 9.96. The number of ether oxygens (including phenoxy) is 2. The van der Waals surface area contributed by atoms with Gasteiger partial charge in [-0.2, -0.15) is 0 Å². The minimum Gasteiger partial charge on any atom is -0.383 e. The van der Waals surface area contributed by atoms with Gasteiger partial charge in [0.05, 0.1) is 25.3 Å². The monoisotopic (exact) mass is 292 g/mol. The van der Waals surface area contributed by atoms with Crippen LogP contribution in [0, 0.1) is 0 Å². The summed E-state index contributed by atoms with van der Waals surface area (Å²) in [5, 5.41) is 2.95. The molecule has 3 unspecified atom stereocenters. The fourth-order valence-electron chi connectivity index (χ4n) is 2.56. The van der Waals surface area contributed by atoms with E-state index in [4.69, 9.17) is 9.47 Å². The van der Waals surface area contributed by atoms with Gasteiger partial charge in [-0.05, 0) is 19.4 Å². The smallest absolute Gasteiger partial charge is 0.317 e. The van der Waals surface area contributed by atoms with Crippen molar-refractivity contribution >= 4 is 6.03 Å². The van der Waals surface area contributed by atoms with Crippen LogP contribution in [0.1, 0.15) is 25.5 Å². The van der Waals surface area contributed by atoms with Crippen molar-refractivity contribution in [2.45, 2.75) is 32.1 Å². The molecule has 1 N–H and O–H groups in total. The van der Waals surface area contributed by atoms with Crippen LogP contribution >= 0.6 is 0 Å². The summed E-state index contributed by atoms with van der Waals surface area (Å²) in [5.74, 6) is 0. The van der Waals surface area contributed by atoms with Crippen LogP contribution in [-0.4, -0.2) is 49.9 Å². The lowest BCUT2D eigenvalue weighted by Crippen LogP contribution is -2.52. The van der Waals surface area contributed by atoms with E-state index < -0.39 is 0 Å². The Morgan fingerprint density at radius 3 is 2.81 bits per heavy atom. The Hall–Kier alpha value is -1.59. The summed E-state index contributed by atoms with van der Waals surface area (Å²) in [6.45, 7) is 5.61. The van der Waals surface area contributed by atoms with Crippen molar-refractivity contribution in [2.75, 3.05) is 26.8 Å². The summed E-state index contributed by atoms with van der Waals surface area (Å²) in [6.07, 6.45) is -0.0501. The first-order chi connectivity index (χ1) is 10.1. The zero-order valence-electron chi connectivity index (χ0n) is 12.9. The van der Waals surface area contributed by atoms with Crippen molar-refractivity contribution in [1.82, 2.24) is 10.2 Å². The quantitative estimate of drug-likeness (QED) is 0.925. The van der Waals surface area contributed by atoms with Crippen LogP contribution in [0.25, 0.3) is 0 Å². The maximum Gasteiger partial charge on any atom is 0.317 e. The number of hydrogen-bond acceptors (Lipinski definition) is 3. The Bertz CT molecular complexity index is 452. The average Bonchev–Trinajstić information content (AvgIpc) is 2.47. The second kappa shape index (κ2) is 7.43. The second-order valence-electron chi connectivity index (χ2n) is 5.56. The van der Waals surface area contributed by atoms with Crippen molar-refractivity contribution in [2.24, 2.45) is 0 Å². The molecule has 3 atom stereocenters. The number of benzene rings is 1. The van der Waals surface area contributed by atoms with Crippen LogP contribution in [0.5, 0.6) is 0 Å². The van der Waals surface area contributed by atoms with Crippen molar-refractivity contribution in [1.29, 1.82) is 0 Å². The molecule has 1 aliphatic heterocycles. The summed E-state index contributed by atoms with van der Waals surface area (Å²) in [5.41, 5.74) is 1.10. The van der Waals surface area contributed by atoms with Gasteiger partial charge in [0.1, 0.15) is 6.10 Å². The molecule has 0 radical (unpaired) electrons. The van der Waals surface area contributed by atoms with Crippen molar-refractivity contribution < 1.29 is 14.3 Å². The second-order valence-corrected chi connectivity index (χ2v) is 5.56. The van der Waals surface area contributed by atoms with Crippen molar-refractivity contribution in [3.63, 3.8) is 0 Å². The van der Waals surface area contributed by atoms with Crippen LogP contribution < -0.4 is 5.32 Å². The minimum atomic E-state index is -0.0709. The Kier molecular flexibility index (Phi) is 5.59. The standard InChI is InChI=1S/C16H24N2O3/c1-12(11-20-3)17-16(19)18-9-13(2)21-15(10-18)14-7-5-4-6-8-14/h4-8,12-13,15H,9-11H2,1-3H3,(H,17,19). The van der Waals surface area contributed by atoms with Crippen LogP contribution in [-0.2, 0) is 9.47 Å². The molecule has 21 heavy (non-hydrogen) atoms. The summed E-state index contributed by atoms with van der Waals surface area (Å²) < 4.78 is 11.0. The maximum absolute atomic E-state index is 12.3. The van der Waals surface area contributed by atoms with Gasteiger partial charge in [-0.1, -0.05) is 30.3 Å². The summed E-state index contributed by atoms with van der Waals surface area (Å²) in [4.78, 5) is 14.1. The van der Waals surface area contributed by atoms with Crippen LogP contribution in [0.2, 0.25) is 0 Å². The predicted octanol–water partition coefficient (Wildman–Crippen LogP) is 2.19. The van der Waals surface area contributed by atoms with Gasteiger partial charge < -0.3 is 19.7 Å². The molecule has 1 aromatic rings. The number of carbonyl (C=O) groups is 1. The normalized spacial score (nSPS) is 23.7. The highest BCUT2D eigenvalue weighted by Crippen LogP contribution is 2.24. The molecular formula is C16H24N2O3. The Morgan fingerprint density at radius 1 is 1.43 bits per heavy atom. The molecule has 0 bridgehead atoms. The molecule has 0 saturated carbocycles. The number of methoxy groups -OCH3 is 1. The van der Waals surface area contributed by atoms with Gasteiger partial charge in [-0.15, -0.1) is 0 Å². The van der Waals surface area contributed by atoms with Crippen LogP contribution in [0.15, 0.2) is 30.3 Å². The highest BCUT2D eigenvalue weighted by atomic mass is 16.5. The van der Waals surface area contributed by atoms with E-state index in [1.165, 1.54) is 0 Å². The van der Waals surface area contributed by atoms with E-state index >= 15 is 0 Å². The molecule has 2 rings (SSSR count). The fraction of sp³-hybridized carbons (Fsp3) is 0.562. The number of rotatable bonds is 4. The predicted molar refractivity (Wildman–Crippen MR) is 81.2 cm³/mol.